The number of hydrogen-bond acceptors (Lipinski definition) is 3. The van der Waals surface area contributed by atoms with Crippen molar-refractivity contribution in [2.75, 3.05) is 20.1 Å². The van der Waals surface area contributed by atoms with Gasteiger partial charge in [0.2, 0.25) is 5.91 Å². The Kier molecular flexibility index (Phi) is 11.0. The first kappa shape index (κ1) is 21.7. The lowest BCUT2D eigenvalue weighted by atomic mass is 10.1. The summed E-state index contributed by atoms with van der Waals surface area (Å²) in [6.45, 7) is 11.1. The molecule has 0 saturated carbocycles. The Morgan fingerprint density at radius 1 is 1.17 bits per heavy atom. The second-order valence-electron chi connectivity index (χ2n) is 5.54. The molecular formula is C19H31N3O2. The van der Waals surface area contributed by atoms with Crippen molar-refractivity contribution in [1.82, 2.24) is 10.2 Å². The van der Waals surface area contributed by atoms with Crippen molar-refractivity contribution in [2.24, 2.45) is 5.73 Å². The number of hydrogen-bond donors (Lipinski definition) is 2. The summed E-state index contributed by atoms with van der Waals surface area (Å²) >= 11 is 0. The summed E-state index contributed by atoms with van der Waals surface area (Å²) in [5.74, 6) is -0.896. The Balaban J connectivity index is 0.000000922. The Bertz CT molecular complexity index is 539. The van der Waals surface area contributed by atoms with Crippen LogP contribution >= 0.6 is 0 Å². The van der Waals surface area contributed by atoms with E-state index in [0.717, 1.165) is 17.8 Å². The van der Waals surface area contributed by atoms with Gasteiger partial charge in [-0.05, 0) is 24.6 Å². The molecule has 0 saturated heterocycles. The van der Waals surface area contributed by atoms with Crippen LogP contribution in [0.25, 0.3) is 5.70 Å². The summed E-state index contributed by atoms with van der Waals surface area (Å²) in [6, 6.07) is 7.09. The SMILES string of the molecule is C=C(c1cccc(C(=O)NCC(N)=O)c1)N(C)CC.CCCCC. The summed E-state index contributed by atoms with van der Waals surface area (Å²) in [6.07, 6.45) is 4.08. The molecule has 5 nitrogen and oxygen atoms in total. The molecule has 0 heterocycles. The van der Waals surface area contributed by atoms with Gasteiger partial charge in [-0.15, -0.1) is 0 Å². The molecule has 0 aliphatic rings. The molecule has 0 aliphatic heterocycles. The third kappa shape index (κ3) is 8.36. The van der Waals surface area contributed by atoms with Crippen molar-refractivity contribution in [3.05, 3.63) is 42.0 Å². The van der Waals surface area contributed by atoms with Crippen LogP contribution in [0.15, 0.2) is 30.8 Å². The predicted octanol–water partition coefficient (Wildman–Crippen LogP) is 3.02. The fourth-order valence-electron chi connectivity index (χ4n) is 1.87. The van der Waals surface area contributed by atoms with Crippen LogP contribution in [0, 0.1) is 0 Å². The van der Waals surface area contributed by atoms with Gasteiger partial charge in [0.25, 0.3) is 5.91 Å². The molecule has 3 N–H and O–H groups in total. The summed E-state index contributed by atoms with van der Waals surface area (Å²) in [5, 5.41) is 2.45. The topological polar surface area (TPSA) is 75.4 Å². The number of carbonyl (C=O) groups excluding carboxylic acids is 2. The van der Waals surface area contributed by atoms with E-state index in [1.165, 1.54) is 19.3 Å². The van der Waals surface area contributed by atoms with Gasteiger partial charge in [0, 0.05) is 24.9 Å². The average molecular weight is 333 g/mol. The molecular weight excluding hydrogens is 302 g/mol. The highest BCUT2D eigenvalue weighted by Gasteiger charge is 2.09. The van der Waals surface area contributed by atoms with Gasteiger partial charge >= 0.3 is 0 Å². The number of primary amides is 1. The first-order chi connectivity index (χ1) is 11.4. The Morgan fingerprint density at radius 3 is 2.21 bits per heavy atom. The fraction of sp³-hybridized carbons (Fsp3) is 0.474. The van der Waals surface area contributed by atoms with E-state index < -0.39 is 5.91 Å². The van der Waals surface area contributed by atoms with Crippen LogP contribution in [0.1, 0.15) is 56.0 Å². The summed E-state index contributed by atoms with van der Waals surface area (Å²) in [5.41, 5.74) is 7.17. The molecule has 5 heteroatoms. The molecule has 24 heavy (non-hydrogen) atoms. The lowest BCUT2D eigenvalue weighted by Gasteiger charge is -2.20. The standard InChI is InChI=1S/C14H19N3O2.C5H12/c1-4-17(3)10(2)11-6-5-7-12(8-11)14(19)16-9-13(15)18;1-3-5-4-2/h5-8H,2,4,9H2,1,3H3,(H2,15,18)(H,16,19);3-5H2,1-2H3. The van der Waals surface area contributed by atoms with E-state index in [1.54, 1.807) is 18.2 Å². The molecule has 0 atom stereocenters. The summed E-state index contributed by atoms with van der Waals surface area (Å²) in [7, 11) is 1.93. The first-order valence-corrected chi connectivity index (χ1v) is 8.44. The van der Waals surface area contributed by atoms with Crippen molar-refractivity contribution in [3.8, 4) is 0 Å². The molecule has 1 aromatic rings. The minimum absolute atomic E-state index is 0.168. The van der Waals surface area contributed by atoms with Crippen LogP contribution in [0.5, 0.6) is 0 Å². The van der Waals surface area contributed by atoms with E-state index in [0.29, 0.717) is 5.56 Å². The molecule has 0 spiro atoms. The zero-order valence-corrected chi connectivity index (χ0v) is 15.4. The third-order valence-electron chi connectivity index (χ3n) is 3.52. The van der Waals surface area contributed by atoms with Crippen LogP contribution < -0.4 is 11.1 Å². The van der Waals surface area contributed by atoms with Crippen LogP contribution in [0.3, 0.4) is 0 Å². The average Bonchev–Trinajstić information content (AvgIpc) is 2.59. The molecule has 0 radical (unpaired) electrons. The molecule has 134 valence electrons. The molecule has 2 amide bonds. The molecule has 0 bridgehead atoms. The molecule has 1 aromatic carbocycles. The van der Waals surface area contributed by atoms with Gasteiger partial charge in [0.05, 0.1) is 6.54 Å². The van der Waals surface area contributed by atoms with Crippen molar-refractivity contribution in [2.45, 2.75) is 40.0 Å². The number of nitrogens with two attached hydrogens (primary N) is 1. The van der Waals surface area contributed by atoms with Crippen LogP contribution in [0.4, 0.5) is 0 Å². The number of amides is 2. The number of unbranched alkanes of at least 4 members (excludes halogenated alkanes) is 2. The van der Waals surface area contributed by atoms with Crippen LogP contribution in [0.2, 0.25) is 0 Å². The van der Waals surface area contributed by atoms with E-state index in [9.17, 15) is 9.59 Å². The highest BCUT2D eigenvalue weighted by atomic mass is 16.2. The summed E-state index contributed by atoms with van der Waals surface area (Å²) in [4.78, 5) is 24.4. The van der Waals surface area contributed by atoms with Gasteiger partial charge in [-0.2, -0.15) is 0 Å². The third-order valence-corrected chi connectivity index (χ3v) is 3.52. The van der Waals surface area contributed by atoms with E-state index in [4.69, 9.17) is 5.73 Å². The maximum Gasteiger partial charge on any atom is 0.251 e. The Hall–Kier alpha value is -2.30. The zero-order valence-electron chi connectivity index (χ0n) is 15.4. The smallest absolute Gasteiger partial charge is 0.251 e. The van der Waals surface area contributed by atoms with Gasteiger partial charge in [-0.1, -0.05) is 51.8 Å². The minimum atomic E-state index is -0.570. The largest absolute Gasteiger partial charge is 0.375 e. The van der Waals surface area contributed by atoms with Gasteiger partial charge in [-0.25, -0.2) is 0 Å². The molecule has 0 aromatic heterocycles. The number of carbonyl (C=O) groups is 2. The quantitative estimate of drug-likeness (QED) is 0.768. The molecule has 0 fully saturated rings. The second kappa shape index (κ2) is 12.2. The Morgan fingerprint density at radius 2 is 1.75 bits per heavy atom. The van der Waals surface area contributed by atoms with E-state index in [2.05, 4.69) is 25.7 Å². The van der Waals surface area contributed by atoms with Gasteiger partial charge in [-0.3, -0.25) is 9.59 Å². The monoisotopic (exact) mass is 333 g/mol. The maximum absolute atomic E-state index is 11.8. The second-order valence-corrected chi connectivity index (χ2v) is 5.54. The Labute approximate surface area is 145 Å². The van der Waals surface area contributed by atoms with Crippen molar-refractivity contribution >= 4 is 17.5 Å². The lowest BCUT2D eigenvalue weighted by molar-refractivity contribution is -0.117. The van der Waals surface area contributed by atoms with Gasteiger partial charge in [0.15, 0.2) is 0 Å². The van der Waals surface area contributed by atoms with Crippen molar-refractivity contribution < 1.29 is 9.59 Å². The van der Waals surface area contributed by atoms with Gasteiger partial charge in [0.1, 0.15) is 0 Å². The predicted molar refractivity (Wildman–Crippen MR) is 101 cm³/mol. The zero-order chi connectivity index (χ0) is 18.5. The van der Waals surface area contributed by atoms with Gasteiger partial charge < -0.3 is 16.0 Å². The fourth-order valence-corrected chi connectivity index (χ4v) is 1.87. The van der Waals surface area contributed by atoms with E-state index in [1.807, 2.05) is 24.9 Å². The van der Waals surface area contributed by atoms with Crippen molar-refractivity contribution in [1.29, 1.82) is 0 Å². The maximum atomic E-state index is 11.8. The van der Waals surface area contributed by atoms with Crippen LogP contribution in [-0.4, -0.2) is 36.9 Å². The first-order valence-electron chi connectivity index (χ1n) is 8.44. The number of nitrogens with one attached hydrogen (secondary N) is 1. The molecule has 1 rings (SSSR count). The molecule has 0 aliphatic carbocycles. The van der Waals surface area contributed by atoms with Crippen molar-refractivity contribution in [3.63, 3.8) is 0 Å². The molecule has 0 unspecified atom stereocenters. The number of nitrogens with zero attached hydrogens (tertiary/aromatic N) is 1. The minimum Gasteiger partial charge on any atom is -0.375 e. The van der Waals surface area contributed by atoms with Crippen LogP contribution in [-0.2, 0) is 4.79 Å². The highest BCUT2D eigenvalue weighted by molar-refractivity contribution is 5.96. The van der Waals surface area contributed by atoms with E-state index >= 15 is 0 Å². The normalized spacial score (nSPS) is 9.50. The summed E-state index contributed by atoms with van der Waals surface area (Å²) < 4.78 is 0. The highest BCUT2D eigenvalue weighted by Crippen LogP contribution is 2.16. The number of rotatable bonds is 8. The number of benzene rings is 1. The lowest BCUT2D eigenvalue weighted by Crippen LogP contribution is -2.33. The van der Waals surface area contributed by atoms with E-state index in [-0.39, 0.29) is 12.5 Å².